The number of ether oxygens (including phenoxy) is 1. The van der Waals surface area contributed by atoms with Gasteiger partial charge in [-0.05, 0) is 36.6 Å². The minimum absolute atomic E-state index is 0.0304. The zero-order valence-corrected chi connectivity index (χ0v) is 10.8. The van der Waals surface area contributed by atoms with E-state index in [1.807, 2.05) is 49.4 Å². The molecule has 0 unspecified atom stereocenters. The highest BCUT2D eigenvalue weighted by molar-refractivity contribution is 5.38. The Kier molecular flexibility index (Phi) is 4.00. The molecule has 94 valence electrons. The van der Waals surface area contributed by atoms with Gasteiger partial charge < -0.3 is 9.84 Å². The van der Waals surface area contributed by atoms with Gasteiger partial charge in [-0.2, -0.15) is 0 Å². The molecule has 0 bridgehead atoms. The Hall–Kier alpha value is -1.80. The Labute approximate surface area is 108 Å². The van der Waals surface area contributed by atoms with Crippen molar-refractivity contribution in [2.45, 2.75) is 20.0 Å². The summed E-state index contributed by atoms with van der Waals surface area (Å²) >= 11 is 0. The average molecular weight is 242 g/mol. The predicted molar refractivity (Wildman–Crippen MR) is 72.8 cm³/mol. The normalized spacial score (nSPS) is 12.2. The lowest BCUT2D eigenvalue weighted by molar-refractivity contribution is 0.115. The van der Waals surface area contributed by atoms with Gasteiger partial charge in [0, 0.05) is 0 Å². The molecule has 1 atom stereocenters. The molecule has 2 rings (SSSR count). The number of aliphatic hydroxyl groups excluding tert-OH is 1. The lowest BCUT2D eigenvalue weighted by atomic mass is 10.1. The van der Waals surface area contributed by atoms with E-state index in [4.69, 9.17) is 4.74 Å². The van der Waals surface area contributed by atoms with Gasteiger partial charge in [0.15, 0.2) is 0 Å². The van der Waals surface area contributed by atoms with Crippen LogP contribution in [0.15, 0.2) is 48.5 Å². The minimum atomic E-state index is -0.313. The molecule has 0 heterocycles. The first-order valence-corrected chi connectivity index (χ1v) is 6.11. The number of rotatable bonds is 4. The summed E-state index contributed by atoms with van der Waals surface area (Å²) in [6.07, 6.45) is -0.313. The third-order valence-corrected chi connectivity index (χ3v) is 3.16. The predicted octanol–water partition coefficient (Wildman–Crippen LogP) is 3.42. The van der Waals surface area contributed by atoms with Crippen molar-refractivity contribution >= 4 is 0 Å². The largest absolute Gasteiger partial charge is 0.483 e. The lowest BCUT2D eigenvalue weighted by Crippen LogP contribution is -2.12. The molecule has 0 radical (unpaired) electrons. The van der Waals surface area contributed by atoms with Crippen LogP contribution in [0, 0.1) is 13.8 Å². The molecule has 2 aromatic rings. The van der Waals surface area contributed by atoms with Gasteiger partial charge in [0.1, 0.15) is 11.9 Å². The molecule has 0 spiro atoms. The van der Waals surface area contributed by atoms with E-state index in [1.54, 1.807) is 0 Å². The molecule has 18 heavy (non-hydrogen) atoms. The number of aryl methyl sites for hydroxylation is 1. The Bertz CT molecular complexity index is 506. The molecule has 0 saturated heterocycles. The molecular formula is C16H18O2. The molecule has 0 amide bonds. The minimum Gasteiger partial charge on any atom is -0.483 e. The Morgan fingerprint density at radius 2 is 1.72 bits per heavy atom. The zero-order chi connectivity index (χ0) is 13.0. The fourth-order valence-electron chi connectivity index (χ4n) is 1.88. The summed E-state index contributed by atoms with van der Waals surface area (Å²) in [5.74, 6) is 0.831. The van der Waals surface area contributed by atoms with Crippen LogP contribution in [0.25, 0.3) is 0 Å². The fourth-order valence-corrected chi connectivity index (χ4v) is 1.88. The van der Waals surface area contributed by atoms with Crippen LogP contribution in [0.1, 0.15) is 22.8 Å². The molecule has 2 heteroatoms. The van der Waals surface area contributed by atoms with E-state index in [-0.39, 0.29) is 12.7 Å². The highest BCUT2D eigenvalue weighted by Crippen LogP contribution is 2.26. The zero-order valence-electron chi connectivity index (χ0n) is 10.8. The number of hydrogen-bond acceptors (Lipinski definition) is 2. The van der Waals surface area contributed by atoms with E-state index in [1.165, 1.54) is 5.56 Å². The van der Waals surface area contributed by atoms with Crippen molar-refractivity contribution < 1.29 is 9.84 Å². The van der Waals surface area contributed by atoms with Crippen molar-refractivity contribution in [2.75, 3.05) is 6.61 Å². The van der Waals surface area contributed by atoms with Crippen molar-refractivity contribution in [3.63, 3.8) is 0 Å². The van der Waals surface area contributed by atoms with Gasteiger partial charge in [-0.3, -0.25) is 0 Å². The second-order valence-corrected chi connectivity index (χ2v) is 4.40. The smallest absolute Gasteiger partial charge is 0.147 e. The van der Waals surface area contributed by atoms with E-state index in [2.05, 4.69) is 13.0 Å². The summed E-state index contributed by atoms with van der Waals surface area (Å²) in [5, 5.41) is 9.48. The molecule has 2 nitrogen and oxygen atoms in total. The molecule has 0 saturated carbocycles. The van der Waals surface area contributed by atoms with Crippen LogP contribution >= 0.6 is 0 Å². The van der Waals surface area contributed by atoms with Crippen molar-refractivity contribution in [1.29, 1.82) is 0 Å². The van der Waals surface area contributed by atoms with E-state index < -0.39 is 0 Å². The quantitative estimate of drug-likeness (QED) is 0.890. The topological polar surface area (TPSA) is 29.5 Å². The second kappa shape index (κ2) is 5.69. The maximum absolute atomic E-state index is 9.48. The van der Waals surface area contributed by atoms with Crippen LogP contribution in [-0.2, 0) is 0 Å². The Morgan fingerprint density at radius 3 is 2.39 bits per heavy atom. The van der Waals surface area contributed by atoms with E-state index in [9.17, 15) is 5.11 Å². The van der Waals surface area contributed by atoms with Gasteiger partial charge in [0.25, 0.3) is 0 Å². The Balaban J connectivity index is 2.24. The third-order valence-electron chi connectivity index (χ3n) is 3.16. The number of hydrogen-bond donors (Lipinski definition) is 1. The maximum atomic E-state index is 9.48. The summed E-state index contributed by atoms with van der Waals surface area (Å²) < 4.78 is 5.91. The number of benzene rings is 2. The molecule has 0 fully saturated rings. The molecule has 0 aliphatic heterocycles. The maximum Gasteiger partial charge on any atom is 0.147 e. The van der Waals surface area contributed by atoms with Crippen LogP contribution in [0.3, 0.4) is 0 Å². The van der Waals surface area contributed by atoms with Gasteiger partial charge in [-0.15, -0.1) is 0 Å². The summed E-state index contributed by atoms with van der Waals surface area (Å²) in [7, 11) is 0. The summed E-state index contributed by atoms with van der Waals surface area (Å²) in [5.41, 5.74) is 3.30. The van der Waals surface area contributed by atoms with Gasteiger partial charge in [-0.1, -0.05) is 42.5 Å². The number of aliphatic hydroxyl groups is 1. The highest BCUT2D eigenvalue weighted by Gasteiger charge is 2.13. The summed E-state index contributed by atoms with van der Waals surface area (Å²) in [4.78, 5) is 0. The molecule has 0 aliphatic carbocycles. The van der Waals surface area contributed by atoms with E-state index >= 15 is 0 Å². The fraction of sp³-hybridized carbons (Fsp3) is 0.250. The first-order chi connectivity index (χ1) is 8.72. The highest BCUT2D eigenvalue weighted by atomic mass is 16.5. The van der Waals surface area contributed by atoms with Crippen molar-refractivity contribution in [1.82, 2.24) is 0 Å². The van der Waals surface area contributed by atoms with Crippen LogP contribution in [0.2, 0.25) is 0 Å². The van der Waals surface area contributed by atoms with Crippen LogP contribution in [0.5, 0.6) is 5.75 Å². The van der Waals surface area contributed by atoms with Crippen molar-refractivity contribution in [3.8, 4) is 5.75 Å². The van der Waals surface area contributed by atoms with Gasteiger partial charge in [0.05, 0.1) is 6.61 Å². The van der Waals surface area contributed by atoms with Gasteiger partial charge >= 0.3 is 0 Å². The van der Waals surface area contributed by atoms with Crippen LogP contribution in [0.4, 0.5) is 0 Å². The summed E-state index contributed by atoms with van der Waals surface area (Å²) in [6, 6.07) is 15.7. The molecule has 2 aromatic carbocycles. The summed E-state index contributed by atoms with van der Waals surface area (Å²) in [6.45, 7) is 4.06. The van der Waals surface area contributed by atoms with Crippen molar-refractivity contribution in [3.05, 3.63) is 65.2 Å². The first-order valence-electron chi connectivity index (χ1n) is 6.11. The molecule has 0 aromatic heterocycles. The van der Waals surface area contributed by atoms with Gasteiger partial charge in [-0.25, -0.2) is 0 Å². The van der Waals surface area contributed by atoms with Crippen LogP contribution < -0.4 is 4.74 Å². The third kappa shape index (κ3) is 2.71. The SMILES string of the molecule is Cc1cccc(O[C@H](CO)c2ccccc2)c1C. The molecule has 1 N–H and O–H groups in total. The standard InChI is InChI=1S/C16H18O2/c1-12-7-6-10-15(13(12)2)18-16(11-17)14-8-4-3-5-9-14/h3-10,16-17H,11H2,1-2H3/t16-/m1/s1. The first kappa shape index (κ1) is 12.7. The molecular weight excluding hydrogens is 224 g/mol. The van der Waals surface area contributed by atoms with Crippen molar-refractivity contribution in [2.24, 2.45) is 0 Å². The van der Waals surface area contributed by atoms with E-state index in [0.29, 0.717) is 0 Å². The Morgan fingerprint density at radius 1 is 1.00 bits per heavy atom. The average Bonchev–Trinajstić information content (AvgIpc) is 2.41. The lowest BCUT2D eigenvalue weighted by Gasteiger charge is -2.19. The van der Waals surface area contributed by atoms with Gasteiger partial charge in [0.2, 0.25) is 0 Å². The second-order valence-electron chi connectivity index (χ2n) is 4.40. The monoisotopic (exact) mass is 242 g/mol. The molecule has 0 aliphatic rings. The van der Waals surface area contributed by atoms with E-state index in [0.717, 1.165) is 16.9 Å². The van der Waals surface area contributed by atoms with Crippen LogP contribution in [-0.4, -0.2) is 11.7 Å².